The van der Waals surface area contributed by atoms with Crippen LogP contribution >= 0.6 is 12.2 Å². The Balaban J connectivity index is 1.78. The zero-order chi connectivity index (χ0) is 18.5. The van der Waals surface area contributed by atoms with E-state index in [2.05, 4.69) is 10.6 Å². The molecule has 0 bridgehead atoms. The van der Waals surface area contributed by atoms with E-state index >= 15 is 0 Å². The Bertz CT molecular complexity index is 866. The van der Waals surface area contributed by atoms with Gasteiger partial charge in [-0.05, 0) is 60.6 Å². The predicted molar refractivity (Wildman–Crippen MR) is 100 cm³/mol. The molecular weight excluding hydrogens is 355 g/mol. The summed E-state index contributed by atoms with van der Waals surface area (Å²) in [6, 6.07) is 11.5. The van der Waals surface area contributed by atoms with Crippen LogP contribution in [-0.4, -0.2) is 17.6 Å². The second-order valence-corrected chi connectivity index (χ2v) is 5.93. The van der Waals surface area contributed by atoms with Gasteiger partial charge in [-0.25, -0.2) is 4.39 Å². The fourth-order valence-electron chi connectivity index (χ4n) is 2.39. The predicted octanol–water partition coefficient (Wildman–Crippen LogP) is 3.15. The van der Waals surface area contributed by atoms with Gasteiger partial charge in [0.15, 0.2) is 16.6 Å². The lowest BCUT2D eigenvalue weighted by molar-refractivity contribution is -0.115. The minimum absolute atomic E-state index is 0.274. The summed E-state index contributed by atoms with van der Waals surface area (Å²) < 4.78 is 24.4. The number of rotatable bonds is 6. The molecule has 0 saturated carbocycles. The minimum atomic E-state index is -0.287. The van der Waals surface area contributed by atoms with Crippen LogP contribution in [0.15, 0.2) is 48.2 Å². The third kappa shape index (κ3) is 4.37. The molecule has 1 fully saturated rings. The van der Waals surface area contributed by atoms with Crippen molar-refractivity contribution in [3.05, 3.63) is 65.1 Å². The van der Waals surface area contributed by atoms with E-state index in [1.165, 1.54) is 12.1 Å². The topological polar surface area (TPSA) is 59.6 Å². The molecule has 1 aliphatic heterocycles. The highest BCUT2D eigenvalue weighted by Gasteiger charge is 2.20. The second kappa shape index (κ2) is 7.97. The Hall–Kier alpha value is -2.93. The van der Waals surface area contributed by atoms with Crippen LogP contribution in [0.1, 0.15) is 18.1 Å². The van der Waals surface area contributed by atoms with Gasteiger partial charge in [-0.15, -0.1) is 0 Å². The zero-order valence-electron chi connectivity index (χ0n) is 14.0. The Kier molecular flexibility index (Phi) is 5.48. The number of thiocarbonyl (C=S) groups is 1. The average molecular weight is 372 g/mol. The van der Waals surface area contributed by atoms with Crippen molar-refractivity contribution in [3.63, 3.8) is 0 Å². The maximum Gasteiger partial charge on any atom is 0.273 e. The number of ether oxygens (including phenoxy) is 2. The van der Waals surface area contributed by atoms with E-state index in [1.54, 1.807) is 30.3 Å². The Morgan fingerprint density at radius 3 is 2.50 bits per heavy atom. The van der Waals surface area contributed by atoms with Crippen LogP contribution in [0.3, 0.4) is 0 Å². The van der Waals surface area contributed by atoms with Crippen molar-refractivity contribution in [1.82, 2.24) is 10.6 Å². The highest BCUT2D eigenvalue weighted by Crippen LogP contribution is 2.30. The fraction of sp³-hybridized carbons (Fsp3) is 0.158. The van der Waals surface area contributed by atoms with Crippen LogP contribution in [0.5, 0.6) is 11.5 Å². The number of carbonyl (C=O) groups excluding carboxylic acids is 1. The van der Waals surface area contributed by atoms with Gasteiger partial charge in [0.1, 0.15) is 18.1 Å². The number of amides is 1. The highest BCUT2D eigenvalue weighted by molar-refractivity contribution is 7.80. The molecule has 1 aliphatic rings. The van der Waals surface area contributed by atoms with Crippen molar-refractivity contribution in [2.45, 2.75) is 13.5 Å². The lowest BCUT2D eigenvalue weighted by atomic mass is 10.1. The lowest BCUT2D eigenvalue weighted by Crippen LogP contribution is -2.21. The van der Waals surface area contributed by atoms with E-state index in [0.717, 1.165) is 11.1 Å². The SMILES string of the molecule is CCOc1cc(/C=C2/NC(=S)NC2=O)ccc1OCc1ccc(F)cc1. The molecule has 134 valence electrons. The molecule has 2 aromatic rings. The van der Waals surface area contributed by atoms with Crippen molar-refractivity contribution in [2.24, 2.45) is 0 Å². The number of hydrogen-bond acceptors (Lipinski definition) is 4. The highest BCUT2D eigenvalue weighted by atomic mass is 32.1. The van der Waals surface area contributed by atoms with E-state index in [9.17, 15) is 9.18 Å². The van der Waals surface area contributed by atoms with Gasteiger partial charge >= 0.3 is 0 Å². The summed E-state index contributed by atoms with van der Waals surface area (Å²) in [5, 5.41) is 5.59. The van der Waals surface area contributed by atoms with E-state index in [-0.39, 0.29) is 16.8 Å². The first-order valence-electron chi connectivity index (χ1n) is 8.03. The Labute approximate surface area is 155 Å². The maximum absolute atomic E-state index is 13.0. The van der Waals surface area contributed by atoms with Crippen LogP contribution in [0.25, 0.3) is 6.08 Å². The molecule has 1 amide bonds. The smallest absolute Gasteiger partial charge is 0.273 e. The summed E-state index contributed by atoms with van der Waals surface area (Å²) in [5.74, 6) is 0.567. The molecule has 5 nitrogen and oxygen atoms in total. The summed E-state index contributed by atoms with van der Waals surface area (Å²) >= 11 is 4.91. The molecule has 26 heavy (non-hydrogen) atoms. The van der Waals surface area contributed by atoms with Gasteiger partial charge in [-0.2, -0.15) is 0 Å². The maximum atomic E-state index is 13.0. The molecule has 0 unspecified atom stereocenters. The normalized spacial score (nSPS) is 14.9. The van der Waals surface area contributed by atoms with Gasteiger partial charge in [-0.1, -0.05) is 18.2 Å². The zero-order valence-corrected chi connectivity index (χ0v) is 14.9. The van der Waals surface area contributed by atoms with Gasteiger partial charge in [0.05, 0.1) is 6.61 Å². The number of carbonyl (C=O) groups is 1. The second-order valence-electron chi connectivity index (χ2n) is 5.52. The molecule has 0 aliphatic carbocycles. The number of hydrogen-bond donors (Lipinski definition) is 2. The molecule has 1 heterocycles. The number of nitrogens with one attached hydrogen (secondary N) is 2. The van der Waals surface area contributed by atoms with Crippen LogP contribution in [0, 0.1) is 5.82 Å². The molecule has 2 aromatic carbocycles. The third-order valence-corrected chi connectivity index (χ3v) is 3.81. The molecule has 0 atom stereocenters. The molecule has 1 saturated heterocycles. The largest absolute Gasteiger partial charge is 0.490 e. The van der Waals surface area contributed by atoms with Gasteiger partial charge in [-0.3, -0.25) is 10.1 Å². The number of halogens is 1. The first-order valence-corrected chi connectivity index (χ1v) is 8.44. The molecular formula is C19H17FN2O3S. The molecule has 0 aromatic heterocycles. The van der Waals surface area contributed by atoms with Crippen molar-refractivity contribution in [3.8, 4) is 11.5 Å². The van der Waals surface area contributed by atoms with Crippen LogP contribution < -0.4 is 20.1 Å². The summed E-state index contributed by atoms with van der Waals surface area (Å²) in [6.07, 6.45) is 1.68. The molecule has 2 N–H and O–H groups in total. The molecule has 3 rings (SSSR count). The van der Waals surface area contributed by atoms with E-state index < -0.39 is 0 Å². The van der Waals surface area contributed by atoms with Crippen LogP contribution in [0.4, 0.5) is 4.39 Å². The standard InChI is InChI=1S/C19H17FN2O3S/c1-2-24-17-10-13(9-15-18(23)22-19(26)21-15)5-8-16(17)25-11-12-3-6-14(20)7-4-12/h3-10H,2,11H2,1H3,(H2,21,22,23,26)/b15-9+. The molecule has 0 spiro atoms. The van der Waals surface area contributed by atoms with Crippen molar-refractivity contribution < 1.29 is 18.7 Å². The summed E-state index contributed by atoms with van der Waals surface area (Å²) in [4.78, 5) is 11.7. The fourth-order valence-corrected chi connectivity index (χ4v) is 2.60. The first-order chi connectivity index (χ1) is 12.5. The van der Waals surface area contributed by atoms with Gasteiger partial charge in [0, 0.05) is 0 Å². The van der Waals surface area contributed by atoms with E-state index in [4.69, 9.17) is 21.7 Å². The lowest BCUT2D eigenvalue weighted by Gasteiger charge is -2.13. The summed E-state index contributed by atoms with van der Waals surface area (Å²) in [7, 11) is 0. The van der Waals surface area contributed by atoms with Gasteiger partial charge in [0.2, 0.25) is 0 Å². The van der Waals surface area contributed by atoms with Gasteiger partial charge in [0.25, 0.3) is 5.91 Å². The van der Waals surface area contributed by atoms with E-state index in [0.29, 0.717) is 30.4 Å². The number of benzene rings is 2. The molecule has 0 radical (unpaired) electrons. The van der Waals surface area contributed by atoms with Crippen molar-refractivity contribution >= 4 is 29.3 Å². The van der Waals surface area contributed by atoms with Crippen molar-refractivity contribution in [2.75, 3.05) is 6.61 Å². The minimum Gasteiger partial charge on any atom is -0.490 e. The summed E-state index contributed by atoms with van der Waals surface area (Å²) in [5.41, 5.74) is 1.99. The Morgan fingerprint density at radius 2 is 1.85 bits per heavy atom. The average Bonchev–Trinajstić information content (AvgIpc) is 2.93. The van der Waals surface area contributed by atoms with E-state index in [1.807, 2.05) is 13.0 Å². The van der Waals surface area contributed by atoms with Crippen LogP contribution in [0.2, 0.25) is 0 Å². The monoisotopic (exact) mass is 372 g/mol. The summed E-state index contributed by atoms with van der Waals surface area (Å²) in [6.45, 7) is 2.63. The van der Waals surface area contributed by atoms with Crippen LogP contribution in [-0.2, 0) is 11.4 Å². The first kappa shape index (κ1) is 17.9. The third-order valence-electron chi connectivity index (χ3n) is 3.61. The molecule has 7 heteroatoms. The Morgan fingerprint density at radius 1 is 1.08 bits per heavy atom. The quantitative estimate of drug-likeness (QED) is 0.603. The van der Waals surface area contributed by atoms with Gasteiger partial charge < -0.3 is 14.8 Å². The van der Waals surface area contributed by atoms with Crippen molar-refractivity contribution in [1.29, 1.82) is 0 Å².